The third-order valence-corrected chi connectivity index (χ3v) is 5.57. The first-order valence-electron chi connectivity index (χ1n) is 8.84. The molecule has 4 nitrogen and oxygen atoms in total. The zero-order valence-corrected chi connectivity index (χ0v) is 17.2. The van der Waals surface area contributed by atoms with E-state index in [1.165, 1.54) is 16.7 Å². The Bertz CT molecular complexity index is 924. The molecule has 6 heteroatoms. The highest BCUT2D eigenvalue weighted by Gasteiger charge is 2.28. The number of carbonyl (C=O) groups excluding carboxylic acids is 1. The van der Waals surface area contributed by atoms with Gasteiger partial charge < -0.3 is 9.47 Å². The first-order valence-corrected chi connectivity index (χ1v) is 10.1. The monoisotopic (exact) mass is 411 g/mol. The van der Waals surface area contributed by atoms with Crippen LogP contribution in [0.15, 0.2) is 66.1 Å². The van der Waals surface area contributed by atoms with Crippen molar-refractivity contribution in [3.8, 4) is 11.5 Å². The number of hydrogen-bond donors (Lipinski definition) is 0. The van der Waals surface area contributed by atoms with Gasteiger partial charge in [-0.15, -0.1) is 6.58 Å². The largest absolute Gasteiger partial charge is 0.490 e. The standard InChI is InChI=1S/C22H21NO3S2/c1-3-7-17-9-4-5-11-19(17)26-13-12-25-18-10-6-8-16(14-18)15-20-21(24)23(2)22(27)28-20/h3-6,8-11,14-15H,1,7,12-13H2,2H3/b20-15-. The van der Waals surface area contributed by atoms with Crippen LogP contribution in [0.5, 0.6) is 11.5 Å². The van der Waals surface area contributed by atoms with Crippen LogP contribution < -0.4 is 9.47 Å². The number of ether oxygens (including phenoxy) is 2. The molecule has 1 fully saturated rings. The van der Waals surface area contributed by atoms with Gasteiger partial charge in [-0.25, -0.2) is 0 Å². The van der Waals surface area contributed by atoms with Crippen molar-refractivity contribution < 1.29 is 14.3 Å². The summed E-state index contributed by atoms with van der Waals surface area (Å²) in [5, 5.41) is 0. The summed E-state index contributed by atoms with van der Waals surface area (Å²) >= 11 is 6.47. The van der Waals surface area contributed by atoms with Crippen LogP contribution in [0.4, 0.5) is 0 Å². The molecular formula is C22H21NO3S2. The maximum absolute atomic E-state index is 12.1. The second-order valence-corrected chi connectivity index (χ2v) is 7.79. The molecule has 0 unspecified atom stereocenters. The van der Waals surface area contributed by atoms with Crippen LogP contribution >= 0.6 is 24.0 Å². The fourth-order valence-corrected chi connectivity index (χ4v) is 3.85. The molecule has 0 bridgehead atoms. The number of rotatable bonds is 8. The molecular weight excluding hydrogens is 390 g/mol. The zero-order chi connectivity index (χ0) is 19.9. The lowest BCUT2D eigenvalue weighted by molar-refractivity contribution is -0.121. The van der Waals surface area contributed by atoms with Crippen LogP contribution in [-0.2, 0) is 11.2 Å². The molecule has 2 aromatic carbocycles. The topological polar surface area (TPSA) is 38.8 Å². The Balaban J connectivity index is 1.56. The summed E-state index contributed by atoms with van der Waals surface area (Å²) in [6.07, 6.45) is 4.46. The van der Waals surface area contributed by atoms with Crippen LogP contribution in [0.3, 0.4) is 0 Å². The average molecular weight is 412 g/mol. The number of thioether (sulfide) groups is 1. The van der Waals surface area contributed by atoms with E-state index in [4.69, 9.17) is 21.7 Å². The van der Waals surface area contributed by atoms with Crippen LogP contribution in [0, 0.1) is 0 Å². The van der Waals surface area contributed by atoms with E-state index in [0.29, 0.717) is 22.4 Å². The summed E-state index contributed by atoms with van der Waals surface area (Å²) in [5.74, 6) is 1.50. The highest BCUT2D eigenvalue weighted by Crippen LogP contribution is 2.31. The van der Waals surface area contributed by atoms with E-state index in [1.807, 2.05) is 60.7 Å². The van der Waals surface area contributed by atoms with Gasteiger partial charge >= 0.3 is 0 Å². The van der Waals surface area contributed by atoms with E-state index >= 15 is 0 Å². The van der Waals surface area contributed by atoms with Gasteiger partial charge in [0.15, 0.2) is 0 Å². The number of thiocarbonyl (C=S) groups is 1. The third-order valence-electron chi connectivity index (χ3n) is 4.09. The molecule has 1 amide bonds. The van der Waals surface area contributed by atoms with Gasteiger partial charge in [-0.3, -0.25) is 9.69 Å². The smallest absolute Gasteiger partial charge is 0.265 e. The Labute approximate surface area is 174 Å². The fourth-order valence-electron chi connectivity index (χ4n) is 2.67. The molecule has 2 aromatic rings. The molecule has 0 spiro atoms. The van der Waals surface area contributed by atoms with E-state index in [2.05, 4.69) is 6.58 Å². The number of benzene rings is 2. The fraction of sp³-hybridized carbons (Fsp3) is 0.182. The van der Waals surface area contributed by atoms with Gasteiger partial charge in [-0.2, -0.15) is 0 Å². The van der Waals surface area contributed by atoms with Gasteiger partial charge in [0.1, 0.15) is 29.0 Å². The van der Waals surface area contributed by atoms with E-state index in [9.17, 15) is 4.79 Å². The van der Waals surface area contributed by atoms with Crippen molar-refractivity contribution in [2.75, 3.05) is 20.3 Å². The SMILES string of the molecule is C=CCc1ccccc1OCCOc1cccc(/C=C2\SC(=S)N(C)C2=O)c1. The Morgan fingerprint density at radius 2 is 1.93 bits per heavy atom. The number of carbonyl (C=O) groups is 1. The number of likely N-dealkylation sites (N-methyl/N-ethyl adjacent to an activating group) is 1. The van der Waals surface area contributed by atoms with Crippen LogP contribution in [0.25, 0.3) is 6.08 Å². The van der Waals surface area contributed by atoms with Gasteiger partial charge in [0.2, 0.25) is 0 Å². The van der Waals surface area contributed by atoms with Crippen molar-refractivity contribution in [3.05, 3.63) is 77.2 Å². The minimum Gasteiger partial charge on any atom is -0.490 e. The van der Waals surface area contributed by atoms with Crippen LogP contribution in [-0.4, -0.2) is 35.4 Å². The first kappa shape index (κ1) is 20.2. The van der Waals surface area contributed by atoms with Gasteiger partial charge in [-0.1, -0.05) is 60.4 Å². The number of nitrogens with zero attached hydrogens (tertiary/aromatic N) is 1. The second-order valence-electron chi connectivity index (χ2n) is 6.11. The van der Waals surface area contributed by atoms with Crippen LogP contribution in [0.1, 0.15) is 11.1 Å². The van der Waals surface area contributed by atoms with Gasteiger partial charge in [-0.05, 0) is 41.8 Å². The van der Waals surface area contributed by atoms with E-state index < -0.39 is 0 Å². The Kier molecular flexibility index (Phi) is 6.90. The molecule has 1 heterocycles. The Morgan fingerprint density at radius 3 is 2.68 bits per heavy atom. The highest BCUT2D eigenvalue weighted by molar-refractivity contribution is 8.26. The molecule has 1 aliphatic rings. The minimum absolute atomic E-state index is 0.0760. The lowest BCUT2D eigenvalue weighted by atomic mass is 10.1. The minimum atomic E-state index is -0.0760. The third kappa shape index (κ3) is 5.03. The Hall–Kier alpha value is -2.57. The number of para-hydroxylation sites is 1. The molecule has 0 N–H and O–H groups in total. The van der Waals surface area contributed by atoms with Gasteiger partial charge in [0, 0.05) is 7.05 Å². The van der Waals surface area contributed by atoms with Crippen molar-refractivity contribution >= 4 is 40.3 Å². The van der Waals surface area contributed by atoms with E-state index in [1.54, 1.807) is 7.05 Å². The normalized spacial score (nSPS) is 15.2. The summed E-state index contributed by atoms with van der Waals surface area (Å²) in [6.45, 7) is 4.63. The molecule has 0 atom stereocenters. The summed E-state index contributed by atoms with van der Waals surface area (Å²) in [4.78, 5) is 14.2. The number of amides is 1. The lowest BCUT2D eigenvalue weighted by Gasteiger charge is -2.11. The summed E-state index contributed by atoms with van der Waals surface area (Å²) in [7, 11) is 1.69. The second kappa shape index (κ2) is 9.57. The highest BCUT2D eigenvalue weighted by atomic mass is 32.2. The molecule has 1 aliphatic heterocycles. The molecule has 0 radical (unpaired) electrons. The molecule has 0 saturated carbocycles. The molecule has 1 saturated heterocycles. The summed E-state index contributed by atoms with van der Waals surface area (Å²) < 4.78 is 12.2. The van der Waals surface area contributed by atoms with Crippen molar-refractivity contribution in [2.45, 2.75) is 6.42 Å². The average Bonchev–Trinajstić information content (AvgIpc) is 2.94. The number of allylic oxidation sites excluding steroid dienone is 1. The Morgan fingerprint density at radius 1 is 1.14 bits per heavy atom. The summed E-state index contributed by atoms with van der Waals surface area (Å²) in [6, 6.07) is 15.5. The van der Waals surface area contributed by atoms with E-state index in [-0.39, 0.29) is 5.91 Å². The number of hydrogen-bond acceptors (Lipinski definition) is 5. The van der Waals surface area contributed by atoms with Crippen molar-refractivity contribution in [3.63, 3.8) is 0 Å². The van der Waals surface area contributed by atoms with Gasteiger partial charge in [0.05, 0.1) is 4.91 Å². The molecule has 0 aliphatic carbocycles. The van der Waals surface area contributed by atoms with Crippen LogP contribution in [0.2, 0.25) is 0 Å². The summed E-state index contributed by atoms with van der Waals surface area (Å²) in [5.41, 5.74) is 2.00. The van der Waals surface area contributed by atoms with E-state index in [0.717, 1.165) is 29.0 Å². The lowest BCUT2D eigenvalue weighted by Crippen LogP contribution is -2.22. The maximum atomic E-state index is 12.1. The van der Waals surface area contributed by atoms with Gasteiger partial charge in [0.25, 0.3) is 5.91 Å². The molecule has 28 heavy (non-hydrogen) atoms. The predicted molar refractivity (Wildman–Crippen MR) is 119 cm³/mol. The first-order chi connectivity index (χ1) is 13.6. The maximum Gasteiger partial charge on any atom is 0.265 e. The molecule has 3 rings (SSSR count). The predicted octanol–water partition coefficient (Wildman–Crippen LogP) is 4.70. The quantitative estimate of drug-likeness (QED) is 0.272. The zero-order valence-electron chi connectivity index (χ0n) is 15.6. The molecule has 144 valence electrons. The van der Waals surface area contributed by atoms with Crippen molar-refractivity contribution in [1.29, 1.82) is 0 Å². The van der Waals surface area contributed by atoms with Crippen molar-refractivity contribution in [1.82, 2.24) is 4.90 Å². The van der Waals surface area contributed by atoms with Crippen molar-refractivity contribution in [2.24, 2.45) is 0 Å². The molecule has 0 aromatic heterocycles.